The van der Waals surface area contributed by atoms with Gasteiger partial charge < -0.3 is 9.84 Å². The number of carbonyl (C=O) groups excluding carboxylic acids is 1. The molecule has 1 unspecified atom stereocenters. The lowest BCUT2D eigenvalue weighted by atomic mass is 9.90. The normalized spacial score (nSPS) is 13.9. The summed E-state index contributed by atoms with van der Waals surface area (Å²) in [5, 5.41) is 10.4. The SMILES string of the molecule is CCOC(=O)CCCCC(C)(O)c1ccc(C)cc1. The molecule has 0 saturated heterocycles. The molecule has 0 heterocycles. The first-order valence-electron chi connectivity index (χ1n) is 6.91. The van der Waals surface area contributed by atoms with Crippen LogP contribution in [0.1, 0.15) is 50.7 Å². The van der Waals surface area contributed by atoms with Gasteiger partial charge in [0.2, 0.25) is 0 Å². The molecule has 3 nitrogen and oxygen atoms in total. The zero-order valence-corrected chi connectivity index (χ0v) is 12.1. The van der Waals surface area contributed by atoms with E-state index < -0.39 is 5.60 Å². The summed E-state index contributed by atoms with van der Waals surface area (Å²) in [6, 6.07) is 7.92. The fourth-order valence-electron chi connectivity index (χ4n) is 2.03. The van der Waals surface area contributed by atoms with Crippen LogP contribution >= 0.6 is 0 Å². The Morgan fingerprint density at radius 3 is 2.47 bits per heavy atom. The van der Waals surface area contributed by atoms with E-state index in [0.717, 1.165) is 18.4 Å². The second-order valence-electron chi connectivity index (χ2n) is 5.15. The van der Waals surface area contributed by atoms with Crippen molar-refractivity contribution in [2.75, 3.05) is 6.61 Å². The Morgan fingerprint density at radius 1 is 1.26 bits per heavy atom. The van der Waals surface area contributed by atoms with E-state index in [1.54, 1.807) is 6.92 Å². The number of hydrogen-bond acceptors (Lipinski definition) is 3. The van der Waals surface area contributed by atoms with E-state index in [1.165, 1.54) is 5.56 Å². The Labute approximate surface area is 115 Å². The molecule has 0 fully saturated rings. The lowest BCUT2D eigenvalue weighted by Crippen LogP contribution is -2.21. The highest BCUT2D eigenvalue weighted by Gasteiger charge is 2.22. The highest BCUT2D eigenvalue weighted by molar-refractivity contribution is 5.69. The summed E-state index contributed by atoms with van der Waals surface area (Å²) in [7, 11) is 0. The van der Waals surface area contributed by atoms with E-state index in [2.05, 4.69) is 0 Å². The summed E-state index contributed by atoms with van der Waals surface area (Å²) in [6.07, 6.45) is 2.63. The fraction of sp³-hybridized carbons (Fsp3) is 0.562. The average Bonchev–Trinajstić information content (AvgIpc) is 2.36. The van der Waals surface area contributed by atoms with Gasteiger partial charge in [-0.15, -0.1) is 0 Å². The third-order valence-electron chi connectivity index (χ3n) is 3.27. The molecule has 1 atom stereocenters. The van der Waals surface area contributed by atoms with Crippen molar-refractivity contribution in [1.29, 1.82) is 0 Å². The van der Waals surface area contributed by atoms with Crippen molar-refractivity contribution in [3.63, 3.8) is 0 Å². The molecule has 3 heteroatoms. The smallest absolute Gasteiger partial charge is 0.305 e. The molecule has 19 heavy (non-hydrogen) atoms. The zero-order valence-electron chi connectivity index (χ0n) is 12.1. The Hall–Kier alpha value is -1.35. The number of rotatable bonds is 7. The molecule has 106 valence electrons. The molecule has 0 aromatic heterocycles. The van der Waals surface area contributed by atoms with E-state index in [9.17, 15) is 9.90 Å². The number of unbranched alkanes of at least 4 members (excludes halogenated alkanes) is 1. The molecule has 0 amide bonds. The van der Waals surface area contributed by atoms with Gasteiger partial charge in [-0.1, -0.05) is 29.8 Å². The highest BCUT2D eigenvalue weighted by atomic mass is 16.5. The Kier molecular flexibility index (Phi) is 6.03. The molecular formula is C16H24O3. The van der Waals surface area contributed by atoms with Crippen LogP contribution in [-0.2, 0) is 15.1 Å². The minimum atomic E-state index is -0.831. The number of aryl methyl sites for hydroxylation is 1. The topological polar surface area (TPSA) is 46.5 Å². The molecular weight excluding hydrogens is 240 g/mol. The molecule has 0 radical (unpaired) electrons. The van der Waals surface area contributed by atoms with Crippen LogP contribution in [-0.4, -0.2) is 17.7 Å². The van der Waals surface area contributed by atoms with Crippen molar-refractivity contribution in [2.24, 2.45) is 0 Å². The van der Waals surface area contributed by atoms with Crippen LogP contribution in [0.4, 0.5) is 0 Å². The van der Waals surface area contributed by atoms with Gasteiger partial charge in [-0.2, -0.15) is 0 Å². The zero-order chi connectivity index (χ0) is 14.3. The van der Waals surface area contributed by atoms with Crippen LogP contribution in [0.25, 0.3) is 0 Å². The van der Waals surface area contributed by atoms with E-state index in [1.807, 2.05) is 38.1 Å². The summed E-state index contributed by atoms with van der Waals surface area (Å²) in [4.78, 5) is 11.2. The number of esters is 1. The second kappa shape index (κ2) is 7.29. The van der Waals surface area contributed by atoms with Gasteiger partial charge >= 0.3 is 5.97 Å². The number of benzene rings is 1. The third-order valence-corrected chi connectivity index (χ3v) is 3.27. The maximum atomic E-state index is 11.2. The molecule has 0 saturated carbocycles. The van der Waals surface area contributed by atoms with Crippen molar-refractivity contribution >= 4 is 5.97 Å². The Bertz CT molecular complexity index is 393. The van der Waals surface area contributed by atoms with Crippen molar-refractivity contribution in [3.05, 3.63) is 35.4 Å². The second-order valence-corrected chi connectivity index (χ2v) is 5.15. The van der Waals surface area contributed by atoms with Gasteiger partial charge in [0.1, 0.15) is 0 Å². The lowest BCUT2D eigenvalue weighted by molar-refractivity contribution is -0.143. The molecule has 0 bridgehead atoms. The average molecular weight is 264 g/mol. The van der Waals surface area contributed by atoms with E-state index in [-0.39, 0.29) is 5.97 Å². The van der Waals surface area contributed by atoms with Crippen molar-refractivity contribution in [1.82, 2.24) is 0 Å². The molecule has 0 aliphatic heterocycles. The standard InChI is InChI=1S/C16H24O3/c1-4-19-15(17)7-5-6-12-16(3,18)14-10-8-13(2)9-11-14/h8-11,18H,4-7,12H2,1-3H3. The Balaban J connectivity index is 2.38. The molecule has 1 N–H and O–H groups in total. The molecule has 0 spiro atoms. The number of hydrogen-bond donors (Lipinski definition) is 1. The van der Waals surface area contributed by atoms with Crippen LogP contribution in [0, 0.1) is 6.92 Å². The van der Waals surface area contributed by atoms with E-state index >= 15 is 0 Å². The van der Waals surface area contributed by atoms with Gasteiger partial charge in [0, 0.05) is 6.42 Å². The summed E-state index contributed by atoms with van der Waals surface area (Å²) in [5.41, 5.74) is 1.28. The maximum Gasteiger partial charge on any atom is 0.305 e. The number of ether oxygens (including phenoxy) is 1. The van der Waals surface area contributed by atoms with Gasteiger partial charge in [-0.25, -0.2) is 0 Å². The van der Waals surface area contributed by atoms with Gasteiger partial charge in [0.05, 0.1) is 12.2 Å². The predicted molar refractivity (Wildman–Crippen MR) is 75.9 cm³/mol. The largest absolute Gasteiger partial charge is 0.466 e. The maximum absolute atomic E-state index is 11.2. The van der Waals surface area contributed by atoms with Gasteiger partial charge in [-0.05, 0) is 45.6 Å². The lowest BCUT2D eigenvalue weighted by Gasteiger charge is -2.24. The molecule has 0 aliphatic rings. The van der Waals surface area contributed by atoms with E-state index in [4.69, 9.17) is 4.74 Å². The minimum Gasteiger partial charge on any atom is -0.466 e. The highest BCUT2D eigenvalue weighted by Crippen LogP contribution is 2.27. The molecule has 1 aromatic rings. The number of aliphatic hydroxyl groups is 1. The van der Waals surface area contributed by atoms with Crippen LogP contribution in [0.2, 0.25) is 0 Å². The van der Waals surface area contributed by atoms with Crippen molar-refractivity contribution < 1.29 is 14.6 Å². The first kappa shape index (κ1) is 15.7. The molecule has 0 aliphatic carbocycles. The van der Waals surface area contributed by atoms with Crippen LogP contribution in [0.3, 0.4) is 0 Å². The summed E-state index contributed by atoms with van der Waals surface area (Å²) >= 11 is 0. The van der Waals surface area contributed by atoms with Crippen LogP contribution in [0.5, 0.6) is 0 Å². The molecule has 1 rings (SSSR count). The van der Waals surface area contributed by atoms with Gasteiger partial charge in [0.25, 0.3) is 0 Å². The first-order valence-corrected chi connectivity index (χ1v) is 6.91. The van der Waals surface area contributed by atoms with Gasteiger partial charge in [-0.3, -0.25) is 4.79 Å². The van der Waals surface area contributed by atoms with Crippen LogP contribution in [0.15, 0.2) is 24.3 Å². The summed E-state index contributed by atoms with van der Waals surface area (Å²) < 4.78 is 4.87. The first-order chi connectivity index (χ1) is 8.95. The minimum absolute atomic E-state index is 0.155. The third kappa shape index (κ3) is 5.43. The molecule has 1 aromatic carbocycles. The van der Waals surface area contributed by atoms with Gasteiger partial charge in [0.15, 0.2) is 0 Å². The number of carbonyl (C=O) groups is 1. The summed E-state index contributed by atoms with van der Waals surface area (Å²) in [5.74, 6) is -0.155. The summed E-state index contributed by atoms with van der Waals surface area (Å²) in [6.45, 7) is 6.08. The van der Waals surface area contributed by atoms with E-state index in [0.29, 0.717) is 19.4 Å². The quantitative estimate of drug-likeness (QED) is 0.607. The predicted octanol–water partition coefficient (Wildman–Crippen LogP) is 3.33. The van der Waals surface area contributed by atoms with Crippen LogP contribution < -0.4 is 0 Å². The van der Waals surface area contributed by atoms with Crippen molar-refractivity contribution in [2.45, 2.75) is 52.1 Å². The monoisotopic (exact) mass is 264 g/mol. The van der Waals surface area contributed by atoms with Crippen molar-refractivity contribution in [3.8, 4) is 0 Å². The Morgan fingerprint density at radius 2 is 1.89 bits per heavy atom. The fourth-order valence-corrected chi connectivity index (χ4v) is 2.03.